The Hall–Kier alpha value is -1.94. The Balaban J connectivity index is 1.43. The van der Waals surface area contributed by atoms with Crippen molar-refractivity contribution >= 4 is 33.0 Å². The highest BCUT2D eigenvalue weighted by Crippen LogP contribution is 2.34. The normalized spacial score (nSPS) is 16.4. The maximum Gasteiger partial charge on any atom is 0.252 e. The van der Waals surface area contributed by atoms with E-state index in [-0.39, 0.29) is 10.1 Å². The highest BCUT2D eigenvalue weighted by Gasteiger charge is 2.32. The van der Waals surface area contributed by atoms with Crippen LogP contribution in [-0.2, 0) is 10.0 Å². The zero-order chi connectivity index (χ0) is 19.7. The lowest BCUT2D eigenvalue weighted by Gasteiger charge is -2.29. The van der Waals surface area contributed by atoms with Gasteiger partial charge in [-0.05, 0) is 49.2 Å². The Morgan fingerprint density at radius 1 is 1.14 bits per heavy atom. The molecule has 28 heavy (non-hydrogen) atoms. The van der Waals surface area contributed by atoms with Gasteiger partial charge in [0.1, 0.15) is 9.96 Å². The molecule has 3 heterocycles. The van der Waals surface area contributed by atoms with E-state index in [0.717, 1.165) is 22.6 Å². The number of piperidine rings is 1. The molecule has 1 saturated heterocycles. The van der Waals surface area contributed by atoms with Crippen molar-refractivity contribution in [3.63, 3.8) is 0 Å². The largest absolute Gasteiger partial charge is 0.497 e. The molecule has 1 fully saturated rings. The quantitative estimate of drug-likeness (QED) is 0.596. The van der Waals surface area contributed by atoms with E-state index in [1.54, 1.807) is 19.2 Å². The Labute approximate surface area is 172 Å². The Bertz CT molecular complexity index is 1050. The topological polar surface area (TPSA) is 85.5 Å². The number of benzene rings is 1. The minimum atomic E-state index is -3.50. The zero-order valence-corrected chi connectivity index (χ0v) is 17.4. The summed E-state index contributed by atoms with van der Waals surface area (Å²) >= 11 is 6.95. The Kier molecular flexibility index (Phi) is 5.42. The molecule has 148 valence electrons. The average molecular weight is 440 g/mol. The van der Waals surface area contributed by atoms with Gasteiger partial charge in [-0.2, -0.15) is 4.31 Å². The predicted octanol–water partition coefficient (Wildman–Crippen LogP) is 4.03. The number of methoxy groups -OCH3 is 1. The molecular weight excluding hydrogens is 422 g/mol. The molecule has 3 aromatic rings. The maximum absolute atomic E-state index is 12.7. The van der Waals surface area contributed by atoms with E-state index in [4.69, 9.17) is 20.8 Å². The van der Waals surface area contributed by atoms with Gasteiger partial charge >= 0.3 is 0 Å². The molecule has 0 atom stereocenters. The van der Waals surface area contributed by atoms with Crippen molar-refractivity contribution in [3.8, 4) is 17.2 Å². The van der Waals surface area contributed by atoms with Gasteiger partial charge in [0, 0.05) is 24.6 Å². The van der Waals surface area contributed by atoms with Crippen molar-refractivity contribution in [2.75, 3.05) is 20.2 Å². The molecule has 0 saturated carbocycles. The number of hydrogen-bond acceptors (Lipinski definition) is 7. The van der Waals surface area contributed by atoms with Crippen LogP contribution in [0.25, 0.3) is 11.5 Å². The molecule has 0 aliphatic carbocycles. The Morgan fingerprint density at radius 3 is 2.46 bits per heavy atom. The lowest BCUT2D eigenvalue weighted by Crippen LogP contribution is -2.37. The van der Waals surface area contributed by atoms with Crippen LogP contribution in [0.4, 0.5) is 0 Å². The first kappa shape index (κ1) is 19.4. The van der Waals surface area contributed by atoms with Gasteiger partial charge in [0.15, 0.2) is 0 Å². The minimum Gasteiger partial charge on any atom is -0.497 e. The summed E-state index contributed by atoms with van der Waals surface area (Å²) in [6.07, 6.45) is 1.26. The standard InChI is InChI=1S/C18H18ClN3O4S2/c1-25-14-4-2-12(3-5-14)17-20-21-18(26-17)13-8-10-22(11-9-13)28(23,24)16-7-6-15(19)27-16/h2-7,13H,8-11H2,1H3. The number of ether oxygens (including phenoxy) is 1. The molecule has 7 nitrogen and oxygen atoms in total. The van der Waals surface area contributed by atoms with Gasteiger partial charge in [-0.15, -0.1) is 21.5 Å². The number of thiophene rings is 1. The molecule has 0 radical (unpaired) electrons. The fraction of sp³-hybridized carbons (Fsp3) is 0.333. The van der Waals surface area contributed by atoms with Crippen molar-refractivity contribution in [1.82, 2.24) is 14.5 Å². The number of sulfonamides is 1. The van der Waals surface area contributed by atoms with Gasteiger partial charge in [0.2, 0.25) is 11.8 Å². The number of halogens is 1. The average Bonchev–Trinajstić information content (AvgIpc) is 3.38. The summed E-state index contributed by atoms with van der Waals surface area (Å²) in [7, 11) is -1.89. The second-order valence-electron chi connectivity index (χ2n) is 6.41. The molecular formula is C18H18ClN3O4S2. The van der Waals surface area contributed by atoms with Crippen LogP contribution in [0.2, 0.25) is 4.34 Å². The zero-order valence-electron chi connectivity index (χ0n) is 15.0. The van der Waals surface area contributed by atoms with Crippen LogP contribution in [0.1, 0.15) is 24.7 Å². The van der Waals surface area contributed by atoms with Gasteiger partial charge in [-0.25, -0.2) is 8.42 Å². The van der Waals surface area contributed by atoms with E-state index in [0.29, 0.717) is 42.0 Å². The van der Waals surface area contributed by atoms with E-state index in [9.17, 15) is 8.42 Å². The van der Waals surface area contributed by atoms with Crippen LogP contribution in [0.5, 0.6) is 5.75 Å². The number of aromatic nitrogens is 2. The van der Waals surface area contributed by atoms with E-state index < -0.39 is 10.0 Å². The van der Waals surface area contributed by atoms with Crippen molar-refractivity contribution in [1.29, 1.82) is 0 Å². The van der Waals surface area contributed by atoms with Crippen LogP contribution in [0, 0.1) is 0 Å². The second-order valence-corrected chi connectivity index (χ2v) is 10.3. The first-order valence-electron chi connectivity index (χ1n) is 8.70. The summed E-state index contributed by atoms with van der Waals surface area (Å²) in [5, 5.41) is 8.31. The van der Waals surface area contributed by atoms with E-state index in [2.05, 4.69) is 10.2 Å². The predicted molar refractivity (Wildman–Crippen MR) is 106 cm³/mol. The number of nitrogens with zero attached hydrogens (tertiary/aromatic N) is 3. The highest BCUT2D eigenvalue weighted by atomic mass is 35.5. The molecule has 0 bridgehead atoms. The third-order valence-corrected chi connectivity index (χ3v) is 8.32. The van der Waals surface area contributed by atoms with Crippen molar-refractivity contribution < 1.29 is 17.6 Å². The summed E-state index contributed by atoms with van der Waals surface area (Å²) in [6, 6.07) is 10.5. The Morgan fingerprint density at radius 2 is 1.86 bits per heavy atom. The summed E-state index contributed by atoms with van der Waals surface area (Å²) in [5.74, 6) is 1.78. The van der Waals surface area contributed by atoms with Crippen LogP contribution >= 0.6 is 22.9 Å². The second kappa shape index (κ2) is 7.82. The third kappa shape index (κ3) is 3.80. The van der Waals surface area contributed by atoms with Gasteiger partial charge in [-0.3, -0.25) is 0 Å². The number of rotatable bonds is 5. The van der Waals surface area contributed by atoms with Gasteiger partial charge in [-0.1, -0.05) is 11.6 Å². The van der Waals surface area contributed by atoms with Crippen LogP contribution in [-0.4, -0.2) is 43.1 Å². The summed E-state index contributed by atoms with van der Waals surface area (Å²) in [5.41, 5.74) is 0.814. The lowest BCUT2D eigenvalue weighted by atomic mass is 9.98. The highest BCUT2D eigenvalue weighted by molar-refractivity contribution is 7.91. The molecule has 1 aliphatic heterocycles. The molecule has 0 amide bonds. The molecule has 0 N–H and O–H groups in total. The summed E-state index contributed by atoms with van der Waals surface area (Å²) in [4.78, 5) is 0. The van der Waals surface area contributed by atoms with Gasteiger partial charge < -0.3 is 9.15 Å². The van der Waals surface area contributed by atoms with Crippen LogP contribution < -0.4 is 4.74 Å². The monoisotopic (exact) mass is 439 g/mol. The van der Waals surface area contributed by atoms with Crippen molar-refractivity contribution in [2.45, 2.75) is 23.0 Å². The summed E-state index contributed by atoms with van der Waals surface area (Å²) < 4.78 is 38.6. The molecule has 1 aliphatic rings. The SMILES string of the molecule is COc1ccc(-c2nnc(C3CCN(S(=O)(=O)c4ccc(Cl)s4)CC3)o2)cc1. The fourth-order valence-corrected chi connectivity index (χ4v) is 6.26. The molecule has 10 heteroatoms. The molecule has 0 spiro atoms. The summed E-state index contributed by atoms with van der Waals surface area (Å²) in [6.45, 7) is 0.811. The molecule has 0 unspecified atom stereocenters. The first-order valence-corrected chi connectivity index (χ1v) is 11.3. The van der Waals surface area contributed by atoms with Gasteiger partial charge in [0.25, 0.3) is 10.0 Å². The molecule has 2 aromatic heterocycles. The maximum atomic E-state index is 12.7. The van der Waals surface area contributed by atoms with Crippen molar-refractivity contribution in [2.24, 2.45) is 0 Å². The smallest absolute Gasteiger partial charge is 0.252 e. The lowest BCUT2D eigenvalue weighted by molar-refractivity contribution is 0.292. The minimum absolute atomic E-state index is 0.0397. The van der Waals surface area contributed by atoms with Crippen molar-refractivity contribution in [3.05, 3.63) is 46.6 Å². The first-order chi connectivity index (χ1) is 13.5. The number of hydrogen-bond donors (Lipinski definition) is 0. The molecule has 4 rings (SSSR count). The van der Waals surface area contributed by atoms with E-state index >= 15 is 0 Å². The molecule has 1 aromatic carbocycles. The fourth-order valence-electron chi connectivity index (χ4n) is 3.16. The van der Waals surface area contributed by atoms with E-state index in [1.165, 1.54) is 4.31 Å². The third-order valence-electron chi connectivity index (χ3n) is 4.72. The van der Waals surface area contributed by atoms with Crippen LogP contribution in [0.15, 0.2) is 45.0 Å². The van der Waals surface area contributed by atoms with Gasteiger partial charge in [0.05, 0.1) is 11.4 Å². The van der Waals surface area contributed by atoms with Crippen LogP contribution in [0.3, 0.4) is 0 Å². The van der Waals surface area contributed by atoms with E-state index in [1.807, 2.05) is 24.3 Å².